The van der Waals surface area contributed by atoms with Gasteiger partial charge in [-0.25, -0.2) is 9.97 Å². The van der Waals surface area contributed by atoms with E-state index in [2.05, 4.69) is 30.0 Å². The molecule has 22 heavy (non-hydrogen) atoms. The lowest BCUT2D eigenvalue weighted by Crippen LogP contribution is -2.33. The summed E-state index contributed by atoms with van der Waals surface area (Å²) in [5, 5.41) is 6.87. The number of methoxy groups -OCH3 is 1. The zero-order valence-electron chi connectivity index (χ0n) is 13.0. The summed E-state index contributed by atoms with van der Waals surface area (Å²) in [6.07, 6.45) is 2.53. The second kappa shape index (κ2) is 6.27. The van der Waals surface area contributed by atoms with Gasteiger partial charge in [0.25, 0.3) is 0 Å². The van der Waals surface area contributed by atoms with Gasteiger partial charge in [0.15, 0.2) is 0 Å². The Morgan fingerprint density at radius 3 is 3.05 bits per heavy atom. The molecular weight excluding hydrogens is 284 g/mol. The van der Waals surface area contributed by atoms with Crippen molar-refractivity contribution >= 4 is 5.82 Å². The topological polar surface area (TPSA) is 89.0 Å². The van der Waals surface area contributed by atoms with Gasteiger partial charge in [0, 0.05) is 37.9 Å². The fourth-order valence-electron chi connectivity index (χ4n) is 2.71. The van der Waals surface area contributed by atoms with Gasteiger partial charge in [-0.15, -0.1) is 0 Å². The number of likely N-dealkylation sites (N-methyl/N-ethyl adjacent to an activating group) is 1. The van der Waals surface area contributed by atoms with Gasteiger partial charge in [-0.1, -0.05) is 0 Å². The van der Waals surface area contributed by atoms with Gasteiger partial charge in [0.1, 0.15) is 18.0 Å². The molecular formula is C14H20N6O2. The van der Waals surface area contributed by atoms with Crippen LogP contribution in [0.4, 0.5) is 5.82 Å². The highest BCUT2D eigenvalue weighted by molar-refractivity contribution is 5.40. The van der Waals surface area contributed by atoms with Crippen LogP contribution >= 0.6 is 0 Å². The maximum Gasteiger partial charge on any atom is 0.318 e. The van der Waals surface area contributed by atoms with Gasteiger partial charge in [-0.3, -0.25) is 5.10 Å². The first-order chi connectivity index (χ1) is 10.7. The van der Waals surface area contributed by atoms with Crippen LogP contribution in [0.1, 0.15) is 23.9 Å². The SMILES string of the molecule is COc1nc(C)cc(N(C)C[C@H]2OCC[C@H]2c2ncn[nH]2)n1. The van der Waals surface area contributed by atoms with Crippen LogP contribution in [0.3, 0.4) is 0 Å². The van der Waals surface area contributed by atoms with Crippen LogP contribution in [-0.4, -0.2) is 58.6 Å². The molecule has 1 fully saturated rings. The molecule has 2 aromatic rings. The highest BCUT2D eigenvalue weighted by atomic mass is 16.5. The van der Waals surface area contributed by atoms with E-state index < -0.39 is 0 Å². The minimum Gasteiger partial charge on any atom is -0.467 e. The van der Waals surface area contributed by atoms with Crippen LogP contribution in [0.5, 0.6) is 6.01 Å². The number of anilines is 1. The Kier molecular flexibility index (Phi) is 4.19. The van der Waals surface area contributed by atoms with Crippen molar-refractivity contribution in [2.24, 2.45) is 0 Å². The minimum absolute atomic E-state index is 0.0548. The molecule has 0 bridgehead atoms. The highest BCUT2D eigenvalue weighted by Gasteiger charge is 2.32. The molecule has 1 aliphatic heterocycles. The van der Waals surface area contributed by atoms with Crippen LogP contribution in [0.2, 0.25) is 0 Å². The van der Waals surface area contributed by atoms with E-state index in [4.69, 9.17) is 9.47 Å². The third-order valence-electron chi connectivity index (χ3n) is 3.84. The number of nitrogens with one attached hydrogen (secondary N) is 1. The van der Waals surface area contributed by atoms with Gasteiger partial charge in [-0.2, -0.15) is 10.1 Å². The summed E-state index contributed by atoms with van der Waals surface area (Å²) in [5.74, 6) is 1.93. The molecule has 0 spiro atoms. The molecule has 8 heteroatoms. The summed E-state index contributed by atoms with van der Waals surface area (Å²) in [7, 11) is 3.55. The number of aromatic nitrogens is 5. The zero-order chi connectivity index (χ0) is 15.5. The Hall–Kier alpha value is -2.22. The molecule has 1 saturated heterocycles. The number of ether oxygens (including phenoxy) is 2. The molecule has 1 aliphatic rings. The first-order valence-electron chi connectivity index (χ1n) is 7.25. The molecule has 0 amide bonds. The van der Waals surface area contributed by atoms with E-state index in [0.717, 1.165) is 30.4 Å². The predicted octanol–water partition coefficient (Wildman–Crippen LogP) is 0.921. The van der Waals surface area contributed by atoms with E-state index in [1.807, 2.05) is 20.0 Å². The molecule has 3 rings (SSSR count). The van der Waals surface area contributed by atoms with Crippen molar-refractivity contribution in [1.82, 2.24) is 25.1 Å². The van der Waals surface area contributed by atoms with E-state index in [-0.39, 0.29) is 12.0 Å². The summed E-state index contributed by atoms with van der Waals surface area (Å²) >= 11 is 0. The maximum absolute atomic E-state index is 5.86. The Balaban J connectivity index is 1.73. The average molecular weight is 304 g/mol. The van der Waals surface area contributed by atoms with Gasteiger partial charge >= 0.3 is 6.01 Å². The second-order valence-electron chi connectivity index (χ2n) is 5.41. The van der Waals surface area contributed by atoms with Crippen molar-refractivity contribution in [2.45, 2.75) is 25.4 Å². The Morgan fingerprint density at radius 1 is 1.45 bits per heavy atom. The quantitative estimate of drug-likeness (QED) is 0.878. The molecule has 3 heterocycles. The van der Waals surface area contributed by atoms with Crippen LogP contribution in [0.25, 0.3) is 0 Å². The number of H-pyrrole nitrogens is 1. The van der Waals surface area contributed by atoms with E-state index in [9.17, 15) is 0 Å². The lowest BCUT2D eigenvalue weighted by Gasteiger charge is -2.25. The van der Waals surface area contributed by atoms with E-state index in [1.165, 1.54) is 6.33 Å². The fourth-order valence-corrected chi connectivity index (χ4v) is 2.71. The third kappa shape index (κ3) is 3.01. The zero-order valence-corrected chi connectivity index (χ0v) is 13.0. The van der Waals surface area contributed by atoms with Gasteiger partial charge < -0.3 is 14.4 Å². The smallest absolute Gasteiger partial charge is 0.318 e. The summed E-state index contributed by atoms with van der Waals surface area (Å²) in [4.78, 5) is 14.9. The third-order valence-corrected chi connectivity index (χ3v) is 3.84. The van der Waals surface area contributed by atoms with Crippen LogP contribution in [-0.2, 0) is 4.74 Å². The Morgan fingerprint density at radius 2 is 2.32 bits per heavy atom. The number of rotatable bonds is 5. The molecule has 0 aliphatic carbocycles. The normalized spacial score (nSPS) is 21.0. The maximum atomic E-state index is 5.86. The van der Waals surface area contributed by atoms with Crippen LogP contribution in [0.15, 0.2) is 12.4 Å². The Bertz CT molecular complexity index is 618. The molecule has 1 N–H and O–H groups in total. The summed E-state index contributed by atoms with van der Waals surface area (Å²) in [6.45, 7) is 3.37. The second-order valence-corrected chi connectivity index (χ2v) is 5.41. The Labute approximate surface area is 128 Å². The van der Waals surface area contributed by atoms with Crippen molar-refractivity contribution < 1.29 is 9.47 Å². The van der Waals surface area contributed by atoms with Crippen molar-refractivity contribution in [1.29, 1.82) is 0 Å². The van der Waals surface area contributed by atoms with Crippen molar-refractivity contribution in [2.75, 3.05) is 32.2 Å². The van der Waals surface area contributed by atoms with Crippen LogP contribution in [0, 0.1) is 6.92 Å². The number of aryl methyl sites for hydroxylation is 1. The van der Waals surface area contributed by atoms with Crippen LogP contribution < -0.4 is 9.64 Å². The molecule has 2 aromatic heterocycles. The molecule has 0 saturated carbocycles. The lowest BCUT2D eigenvalue weighted by molar-refractivity contribution is 0.108. The monoisotopic (exact) mass is 304 g/mol. The molecule has 2 atom stereocenters. The van der Waals surface area contributed by atoms with Gasteiger partial charge in [0.2, 0.25) is 0 Å². The fraction of sp³-hybridized carbons (Fsp3) is 0.571. The number of aromatic amines is 1. The first kappa shape index (κ1) is 14.7. The minimum atomic E-state index is 0.0548. The highest BCUT2D eigenvalue weighted by Crippen LogP contribution is 2.30. The lowest BCUT2D eigenvalue weighted by atomic mass is 10.0. The van der Waals surface area contributed by atoms with E-state index >= 15 is 0 Å². The molecule has 0 unspecified atom stereocenters. The van der Waals surface area contributed by atoms with Crippen molar-refractivity contribution in [3.63, 3.8) is 0 Å². The van der Waals surface area contributed by atoms with Gasteiger partial charge in [-0.05, 0) is 13.3 Å². The predicted molar refractivity (Wildman–Crippen MR) is 80.1 cm³/mol. The molecule has 118 valence electrons. The summed E-state index contributed by atoms with van der Waals surface area (Å²) in [5.41, 5.74) is 0.868. The molecule has 0 aromatic carbocycles. The standard InChI is InChI=1S/C14H20N6O2/c1-9-6-12(18-14(17-9)21-3)20(2)7-11-10(4-5-22-11)13-15-8-16-19-13/h6,8,10-11H,4-5,7H2,1-3H3,(H,15,16,19)/t10-,11-/m1/s1. The van der Waals surface area contributed by atoms with Crippen molar-refractivity contribution in [3.05, 3.63) is 23.9 Å². The number of hydrogen-bond acceptors (Lipinski definition) is 7. The average Bonchev–Trinajstić information content (AvgIpc) is 3.17. The number of nitrogens with zero attached hydrogens (tertiary/aromatic N) is 5. The number of hydrogen-bond donors (Lipinski definition) is 1. The molecule has 0 radical (unpaired) electrons. The molecule has 8 nitrogen and oxygen atoms in total. The first-order valence-corrected chi connectivity index (χ1v) is 7.25. The van der Waals surface area contributed by atoms with Gasteiger partial charge in [0.05, 0.1) is 13.2 Å². The summed E-state index contributed by atoms with van der Waals surface area (Å²) in [6, 6.07) is 2.31. The van der Waals surface area contributed by atoms with Crippen molar-refractivity contribution in [3.8, 4) is 6.01 Å². The van der Waals surface area contributed by atoms with E-state index in [1.54, 1.807) is 7.11 Å². The summed E-state index contributed by atoms with van der Waals surface area (Å²) < 4.78 is 11.0. The van der Waals surface area contributed by atoms with E-state index in [0.29, 0.717) is 12.6 Å². The largest absolute Gasteiger partial charge is 0.467 e.